The van der Waals surface area contributed by atoms with Gasteiger partial charge in [-0.3, -0.25) is 9.69 Å². The number of anilines is 1. The minimum absolute atomic E-state index is 0.0507. The van der Waals surface area contributed by atoms with E-state index in [0.717, 1.165) is 31.6 Å². The number of aryl methyl sites for hydroxylation is 1. The Morgan fingerprint density at radius 2 is 2.33 bits per heavy atom. The van der Waals surface area contributed by atoms with Crippen molar-refractivity contribution < 1.29 is 9.32 Å². The van der Waals surface area contributed by atoms with E-state index in [2.05, 4.69) is 25.5 Å². The van der Waals surface area contributed by atoms with Crippen LogP contribution in [0.5, 0.6) is 0 Å². The van der Waals surface area contributed by atoms with Crippen molar-refractivity contribution in [3.63, 3.8) is 0 Å². The van der Waals surface area contributed by atoms with Crippen LogP contribution in [0.3, 0.4) is 0 Å². The molecule has 0 saturated carbocycles. The Morgan fingerprint density at radius 1 is 1.50 bits per heavy atom. The molecule has 0 unspecified atom stereocenters. The fraction of sp³-hybridized carbons (Fsp3) is 0.625. The second kappa shape index (κ2) is 7.12. The molecule has 1 N–H and O–H groups in total. The monoisotopic (exact) mass is 332 g/mol. The maximum atomic E-state index is 12.4. The molecule has 2 aromatic rings. The van der Waals surface area contributed by atoms with Gasteiger partial charge in [-0.25, -0.2) is 4.68 Å². The maximum Gasteiger partial charge on any atom is 0.239 e. The second-order valence-corrected chi connectivity index (χ2v) is 6.33. The first-order valence-corrected chi connectivity index (χ1v) is 8.48. The number of hydrogen-bond donors (Lipinski definition) is 1. The van der Waals surface area contributed by atoms with E-state index in [9.17, 15) is 4.79 Å². The van der Waals surface area contributed by atoms with Crippen LogP contribution in [-0.4, -0.2) is 43.8 Å². The van der Waals surface area contributed by atoms with Crippen LogP contribution in [0.4, 0.5) is 5.82 Å². The fourth-order valence-electron chi connectivity index (χ4n) is 3.05. The topological polar surface area (TPSA) is 89.1 Å². The highest BCUT2D eigenvalue weighted by Gasteiger charge is 2.31. The van der Waals surface area contributed by atoms with Crippen LogP contribution in [0.2, 0.25) is 0 Å². The van der Waals surface area contributed by atoms with E-state index < -0.39 is 0 Å². The van der Waals surface area contributed by atoms with Gasteiger partial charge in [-0.1, -0.05) is 12.1 Å². The van der Waals surface area contributed by atoms with Crippen molar-refractivity contribution in [3.05, 3.63) is 24.0 Å². The van der Waals surface area contributed by atoms with Gasteiger partial charge in [-0.15, -0.1) is 0 Å². The predicted molar refractivity (Wildman–Crippen MR) is 88.5 cm³/mol. The van der Waals surface area contributed by atoms with Gasteiger partial charge in [0, 0.05) is 18.5 Å². The van der Waals surface area contributed by atoms with Gasteiger partial charge in [0.1, 0.15) is 5.82 Å². The van der Waals surface area contributed by atoms with Crippen molar-refractivity contribution in [2.75, 3.05) is 18.4 Å². The van der Waals surface area contributed by atoms with Gasteiger partial charge in [0.15, 0.2) is 5.82 Å². The molecule has 3 rings (SSSR count). The molecule has 130 valence electrons. The van der Waals surface area contributed by atoms with Gasteiger partial charge in [0.2, 0.25) is 11.8 Å². The first-order valence-electron chi connectivity index (χ1n) is 8.48. The molecule has 0 aromatic carbocycles. The SMILES string of the molecule is CCc1nc([C@@H]2CCCN2CC(=O)Nc2ccnn2C(C)C)no1. The van der Waals surface area contributed by atoms with Crippen molar-refractivity contribution in [2.45, 2.75) is 52.1 Å². The zero-order valence-electron chi connectivity index (χ0n) is 14.4. The summed E-state index contributed by atoms with van der Waals surface area (Å²) in [5, 5.41) is 11.2. The summed E-state index contributed by atoms with van der Waals surface area (Å²) in [6.07, 6.45) is 4.39. The Bertz CT molecular complexity index is 692. The van der Waals surface area contributed by atoms with Crippen LogP contribution in [0.15, 0.2) is 16.8 Å². The van der Waals surface area contributed by atoms with Crippen molar-refractivity contribution in [1.29, 1.82) is 0 Å². The summed E-state index contributed by atoms with van der Waals surface area (Å²) in [5.74, 6) is 1.99. The quantitative estimate of drug-likeness (QED) is 0.872. The average molecular weight is 332 g/mol. The molecule has 0 radical (unpaired) electrons. The van der Waals surface area contributed by atoms with Crippen LogP contribution >= 0.6 is 0 Å². The molecule has 0 aliphatic carbocycles. The highest BCUT2D eigenvalue weighted by molar-refractivity contribution is 5.91. The number of likely N-dealkylation sites (tertiary alicyclic amines) is 1. The molecule has 1 aliphatic heterocycles. The number of nitrogens with zero attached hydrogens (tertiary/aromatic N) is 5. The minimum Gasteiger partial charge on any atom is -0.339 e. The second-order valence-electron chi connectivity index (χ2n) is 6.33. The van der Waals surface area contributed by atoms with Gasteiger partial charge >= 0.3 is 0 Å². The number of carbonyl (C=O) groups excluding carboxylic acids is 1. The average Bonchev–Trinajstić information content (AvgIpc) is 3.26. The molecule has 2 aromatic heterocycles. The molecule has 8 heteroatoms. The summed E-state index contributed by atoms with van der Waals surface area (Å²) in [6, 6.07) is 2.06. The standard InChI is InChI=1S/C16H24N6O2/c1-4-15-19-16(20-24-15)12-6-5-9-21(12)10-14(23)18-13-7-8-17-22(13)11(2)3/h7-8,11-12H,4-6,9-10H2,1-3H3,(H,18,23)/t12-/m0/s1. The van der Waals surface area contributed by atoms with Crippen molar-refractivity contribution in [2.24, 2.45) is 0 Å². The number of hydrogen-bond acceptors (Lipinski definition) is 6. The Kier molecular flexibility index (Phi) is 4.94. The molecular formula is C16H24N6O2. The molecule has 3 heterocycles. The third-order valence-electron chi connectivity index (χ3n) is 4.22. The van der Waals surface area contributed by atoms with E-state index in [0.29, 0.717) is 18.3 Å². The van der Waals surface area contributed by atoms with Crippen LogP contribution in [0.25, 0.3) is 0 Å². The number of aromatic nitrogens is 4. The zero-order chi connectivity index (χ0) is 17.1. The third-order valence-corrected chi connectivity index (χ3v) is 4.22. The summed E-state index contributed by atoms with van der Waals surface area (Å²) in [5.41, 5.74) is 0. The van der Waals surface area contributed by atoms with Crippen molar-refractivity contribution >= 4 is 11.7 Å². The molecule has 1 fully saturated rings. The lowest BCUT2D eigenvalue weighted by Gasteiger charge is -2.21. The summed E-state index contributed by atoms with van der Waals surface area (Å²) in [7, 11) is 0. The van der Waals surface area contributed by atoms with E-state index in [-0.39, 0.29) is 18.0 Å². The molecule has 24 heavy (non-hydrogen) atoms. The van der Waals surface area contributed by atoms with E-state index in [1.54, 1.807) is 10.9 Å². The lowest BCUT2D eigenvalue weighted by atomic mass is 10.2. The van der Waals surface area contributed by atoms with Crippen LogP contribution < -0.4 is 5.32 Å². The van der Waals surface area contributed by atoms with Gasteiger partial charge in [-0.05, 0) is 33.2 Å². The number of rotatable bonds is 6. The van der Waals surface area contributed by atoms with Gasteiger partial charge in [0.05, 0.1) is 18.8 Å². The number of amides is 1. The number of nitrogens with one attached hydrogen (secondary N) is 1. The van der Waals surface area contributed by atoms with Gasteiger partial charge in [0.25, 0.3) is 0 Å². The van der Waals surface area contributed by atoms with Crippen LogP contribution in [-0.2, 0) is 11.2 Å². The molecule has 1 atom stereocenters. The molecule has 1 saturated heterocycles. The summed E-state index contributed by atoms with van der Waals surface area (Å²) < 4.78 is 7.00. The third kappa shape index (κ3) is 3.48. The zero-order valence-corrected chi connectivity index (χ0v) is 14.4. The van der Waals surface area contributed by atoms with Crippen molar-refractivity contribution in [3.8, 4) is 0 Å². The molecule has 8 nitrogen and oxygen atoms in total. The normalized spacial score (nSPS) is 18.4. The van der Waals surface area contributed by atoms with E-state index in [1.807, 2.05) is 26.8 Å². The maximum absolute atomic E-state index is 12.4. The molecule has 1 amide bonds. The van der Waals surface area contributed by atoms with Crippen LogP contribution in [0, 0.1) is 0 Å². The molecule has 0 bridgehead atoms. The lowest BCUT2D eigenvalue weighted by molar-refractivity contribution is -0.117. The Hall–Kier alpha value is -2.22. The largest absolute Gasteiger partial charge is 0.339 e. The van der Waals surface area contributed by atoms with Crippen molar-refractivity contribution in [1.82, 2.24) is 24.8 Å². The smallest absolute Gasteiger partial charge is 0.239 e. The van der Waals surface area contributed by atoms with Crippen LogP contribution in [0.1, 0.15) is 57.4 Å². The first-order chi connectivity index (χ1) is 11.6. The molecule has 1 aliphatic rings. The van der Waals surface area contributed by atoms with Gasteiger partial charge < -0.3 is 9.84 Å². The highest BCUT2D eigenvalue weighted by atomic mass is 16.5. The molecule has 0 spiro atoms. The van der Waals surface area contributed by atoms with Gasteiger partial charge in [-0.2, -0.15) is 10.1 Å². The Balaban J connectivity index is 1.63. The fourth-order valence-corrected chi connectivity index (χ4v) is 3.05. The summed E-state index contributed by atoms with van der Waals surface area (Å²) >= 11 is 0. The van der Waals surface area contributed by atoms with E-state index in [4.69, 9.17) is 4.52 Å². The predicted octanol–water partition coefficient (Wildman–Crippen LogP) is 2.18. The minimum atomic E-state index is -0.0523. The highest BCUT2D eigenvalue weighted by Crippen LogP contribution is 2.29. The molecular weight excluding hydrogens is 308 g/mol. The number of carbonyl (C=O) groups is 1. The Morgan fingerprint density at radius 3 is 3.04 bits per heavy atom. The lowest BCUT2D eigenvalue weighted by Crippen LogP contribution is -2.33. The summed E-state index contributed by atoms with van der Waals surface area (Å²) in [4.78, 5) is 18.9. The Labute approximate surface area is 141 Å². The summed E-state index contributed by atoms with van der Waals surface area (Å²) in [6.45, 7) is 7.21. The van der Waals surface area contributed by atoms with E-state index in [1.165, 1.54) is 0 Å². The van der Waals surface area contributed by atoms with E-state index >= 15 is 0 Å². The first kappa shape index (κ1) is 16.6.